The Morgan fingerprint density at radius 3 is 2.56 bits per heavy atom. The number of carbonyl (C=O) groups excluding carboxylic acids is 1. The van der Waals surface area contributed by atoms with Crippen molar-refractivity contribution in [3.05, 3.63) is 35.4 Å². The number of benzene rings is 1. The van der Waals surface area contributed by atoms with E-state index in [1.807, 2.05) is 13.8 Å². The number of carbonyl (C=O) groups is 1. The van der Waals surface area contributed by atoms with Crippen LogP contribution in [0, 0.1) is 17.6 Å². The van der Waals surface area contributed by atoms with Crippen LogP contribution in [0.15, 0.2) is 18.2 Å². The second kappa shape index (κ2) is 6.44. The van der Waals surface area contributed by atoms with Gasteiger partial charge in [-0.25, -0.2) is 8.78 Å². The van der Waals surface area contributed by atoms with Crippen LogP contribution in [0.4, 0.5) is 8.78 Å². The molecule has 1 rings (SSSR count). The summed E-state index contributed by atoms with van der Waals surface area (Å²) in [6.45, 7) is 4.09. The van der Waals surface area contributed by atoms with Gasteiger partial charge in [-0.2, -0.15) is 0 Å². The molecule has 1 atom stereocenters. The van der Waals surface area contributed by atoms with Gasteiger partial charge in [0.05, 0.1) is 6.04 Å². The molecule has 0 aliphatic carbocycles. The Hall–Kier alpha value is -1.49. The minimum absolute atomic E-state index is 0.141. The highest BCUT2D eigenvalue weighted by atomic mass is 19.2. The highest BCUT2D eigenvalue weighted by Crippen LogP contribution is 2.08. The standard InChI is InChI=1S/C13H18F2N2O/c1-8(2)5-12(16)13(18)17-7-9-3-4-10(14)11(15)6-9/h3-4,6,8,12H,5,7,16H2,1-2H3,(H,17,18). The number of halogens is 2. The second-order valence-electron chi connectivity index (χ2n) is 4.70. The van der Waals surface area contributed by atoms with Crippen LogP contribution in [-0.4, -0.2) is 11.9 Å². The van der Waals surface area contributed by atoms with Crippen LogP contribution >= 0.6 is 0 Å². The van der Waals surface area contributed by atoms with Crippen molar-refractivity contribution in [3.63, 3.8) is 0 Å². The summed E-state index contributed by atoms with van der Waals surface area (Å²) < 4.78 is 25.6. The van der Waals surface area contributed by atoms with E-state index < -0.39 is 17.7 Å². The van der Waals surface area contributed by atoms with E-state index in [9.17, 15) is 13.6 Å². The van der Waals surface area contributed by atoms with Gasteiger partial charge in [0.25, 0.3) is 0 Å². The van der Waals surface area contributed by atoms with E-state index in [0.717, 1.165) is 12.1 Å². The van der Waals surface area contributed by atoms with Crippen LogP contribution < -0.4 is 11.1 Å². The normalized spacial score (nSPS) is 12.6. The Kier molecular flexibility index (Phi) is 5.22. The average Bonchev–Trinajstić information content (AvgIpc) is 2.29. The van der Waals surface area contributed by atoms with E-state index >= 15 is 0 Å². The molecule has 100 valence electrons. The molecule has 1 aromatic carbocycles. The first kappa shape index (κ1) is 14.6. The van der Waals surface area contributed by atoms with Gasteiger partial charge in [-0.15, -0.1) is 0 Å². The van der Waals surface area contributed by atoms with Crippen molar-refractivity contribution in [2.45, 2.75) is 32.9 Å². The molecule has 18 heavy (non-hydrogen) atoms. The van der Waals surface area contributed by atoms with E-state index in [2.05, 4.69) is 5.32 Å². The summed E-state index contributed by atoms with van der Waals surface area (Å²) in [5.74, 6) is -1.78. The first-order chi connectivity index (χ1) is 8.40. The molecular weight excluding hydrogens is 238 g/mol. The Bertz CT molecular complexity index is 421. The van der Waals surface area contributed by atoms with Gasteiger partial charge in [0.2, 0.25) is 5.91 Å². The average molecular weight is 256 g/mol. The lowest BCUT2D eigenvalue weighted by Crippen LogP contribution is -2.41. The lowest BCUT2D eigenvalue weighted by molar-refractivity contribution is -0.122. The maximum atomic E-state index is 12.9. The molecule has 0 saturated heterocycles. The molecule has 3 nitrogen and oxygen atoms in total. The van der Waals surface area contributed by atoms with E-state index in [-0.39, 0.29) is 12.5 Å². The number of nitrogens with two attached hydrogens (primary N) is 1. The maximum Gasteiger partial charge on any atom is 0.237 e. The third-order valence-electron chi connectivity index (χ3n) is 2.51. The van der Waals surface area contributed by atoms with Gasteiger partial charge in [0.15, 0.2) is 11.6 Å². The molecule has 0 fully saturated rings. The molecule has 0 aromatic heterocycles. The summed E-state index contributed by atoms with van der Waals surface area (Å²) in [5, 5.41) is 2.60. The van der Waals surface area contributed by atoms with E-state index in [0.29, 0.717) is 17.9 Å². The Labute approximate surface area is 105 Å². The van der Waals surface area contributed by atoms with Gasteiger partial charge in [-0.3, -0.25) is 4.79 Å². The highest BCUT2D eigenvalue weighted by molar-refractivity contribution is 5.81. The summed E-state index contributed by atoms with van der Waals surface area (Å²) in [7, 11) is 0. The summed E-state index contributed by atoms with van der Waals surface area (Å²) in [6, 6.07) is 2.94. The minimum atomic E-state index is -0.923. The zero-order chi connectivity index (χ0) is 13.7. The van der Waals surface area contributed by atoms with Crippen LogP contribution in [0.25, 0.3) is 0 Å². The fourth-order valence-electron chi connectivity index (χ4n) is 1.58. The van der Waals surface area contributed by atoms with Crippen molar-refractivity contribution in [2.75, 3.05) is 0 Å². The molecule has 1 aromatic rings. The van der Waals surface area contributed by atoms with Crippen LogP contribution in [0.2, 0.25) is 0 Å². The van der Waals surface area contributed by atoms with Crippen molar-refractivity contribution >= 4 is 5.91 Å². The Morgan fingerprint density at radius 2 is 2.00 bits per heavy atom. The molecule has 0 heterocycles. The number of amides is 1. The highest BCUT2D eigenvalue weighted by Gasteiger charge is 2.14. The van der Waals surface area contributed by atoms with Gasteiger partial charge in [-0.1, -0.05) is 19.9 Å². The Balaban J connectivity index is 2.49. The largest absolute Gasteiger partial charge is 0.351 e. The SMILES string of the molecule is CC(C)CC(N)C(=O)NCc1ccc(F)c(F)c1. The molecule has 0 aliphatic rings. The fourth-order valence-corrected chi connectivity index (χ4v) is 1.58. The first-order valence-electron chi connectivity index (χ1n) is 5.87. The van der Waals surface area contributed by atoms with Crippen molar-refractivity contribution in [3.8, 4) is 0 Å². The molecule has 1 unspecified atom stereocenters. The lowest BCUT2D eigenvalue weighted by atomic mass is 10.0. The maximum absolute atomic E-state index is 12.9. The number of hydrogen-bond acceptors (Lipinski definition) is 2. The summed E-state index contributed by atoms with van der Waals surface area (Å²) in [4.78, 5) is 11.6. The summed E-state index contributed by atoms with van der Waals surface area (Å²) in [5.41, 5.74) is 6.19. The molecular formula is C13H18F2N2O. The number of rotatable bonds is 5. The van der Waals surface area contributed by atoms with Gasteiger partial charge in [0.1, 0.15) is 0 Å². The molecule has 0 spiro atoms. The number of nitrogens with one attached hydrogen (secondary N) is 1. The van der Waals surface area contributed by atoms with Gasteiger partial charge in [0, 0.05) is 6.54 Å². The van der Waals surface area contributed by atoms with Gasteiger partial charge >= 0.3 is 0 Å². The van der Waals surface area contributed by atoms with Crippen LogP contribution in [0.3, 0.4) is 0 Å². The van der Waals surface area contributed by atoms with E-state index in [4.69, 9.17) is 5.73 Å². The monoisotopic (exact) mass is 256 g/mol. The molecule has 0 aliphatic heterocycles. The van der Waals surface area contributed by atoms with Gasteiger partial charge < -0.3 is 11.1 Å². The van der Waals surface area contributed by atoms with Crippen LogP contribution in [-0.2, 0) is 11.3 Å². The molecule has 0 saturated carbocycles. The van der Waals surface area contributed by atoms with Crippen molar-refractivity contribution in [2.24, 2.45) is 11.7 Å². The molecule has 5 heteroatoms. The smallest absolute Gasteiger partial charge is 0.237 e. The molecule has 3 N–H and O–H groups in total. The van der Waals surface area contributed by atoms with Crippen molar-refractivity contribution in [1.82, 2.24) is 5.32 Å². The van der Waals surface area contributed by atoms with E-state index in [1.165, 1.54) is 6.07 Å². The summed E-state index contributed by atoms with van der Waals surface area (Å²) in [6.07, 6.45) is 0.587. The molecule has 0 bridgehead atoms. The first-order valence-corrected chi connectivity index (χ1v) is 5.87. The van der Waals surface area contributed by atoms with E-state index in [1.54, 1.807) is 0 Å². The Morgan fingerprint density at radius 1 is 1.33 bits per heavy atom. The minimum Gasteiger partial charge on any atom is -0.351 e. The zero-order valence-corrected chi connectivity index (χ0v) is 10.5. The van der Waals surface area contributed by atoms with Crippen LogP contribution in [0.1, 0.15) is 25.8 Å². The molecule has 0 radical (unpaired) electrons. The predicted molar refractivity (Wildman–Crippen MR) is 65.6 cm³/mol. The fraction of sp³-hybridized carbons (Fsp3) is 0.462. The predicted octanol–water partition coefficient (Wildman–Crippen LogP) is 1.95. The number of hydrogen-bond donors (Lipinski definition) is 2. The molecule has 1 amide bonds. The third kappa shape index (κ3) is 4.41. The second-order valence-corrected chi connectivity index (χ2v) is 4.70. The van der Waals surface area contributed by atoms with Crippen LogP contribution in [0.5, 0.6) is 0 Å². The topological polar surface area (TPSA) is 55.1 Å². The zero-order valence-electron chi connectivity index (χ0n) is 10.5. The van der Waals surface area contributed by atoms with Crippen molar-refractivity contribution in [1.29, 1.82) is 0 Å². The third-order valence-corrected chi connectivity index (χ3v) is 2.51. The van der Waals surface area contributed by atoms with Gasteiger partial charge in [-0.05, 0) is 30.0 Å². The summed E-state index contributed by atoms with van der Waals surface area (Å²) >= 11 is 0. The lowest BCUT2D eigenvalue weighted by Gasteiger charge is -2.14. The quantitative estimate of drug-likeness (QED) is 0.846. The van der Waals surface area contributed by atoms with Crippen molar-refractivity contribution < 1.29 is 13.6 Å².